The minimum Gasteiger partial charge on any atom is -0.359 e. The molecule has 0 radical (unpaired) electrons. The van der Waals surface area contributed by atoms with E-state index in [2.05, 4.69) is 10.5 Å². The van der Waals surface area contributed by atoms with E-state index in [0.717, 1.165) is 37.8 Å². The Labute approximate surface area is 123 Å². The van der Waals surface area contributed by atoms with Crippen molar-refractivity contribution in [2.75, 3.05) is 0 Å². The molecule has 1 atom stereocenters. The molecule has 3 rings (SSSR count). The van der Waals surface area contributed by atoms with Gasteiger partial charge in [-0.25, -0.2) is 0 Å². The average Bonchev–Trinajstić information content (AvgIpc) is 2.88. The Morgan fingerprint density at radius 2 is 2.10 bits per heavy atom. The fraction of sp³-hybridized carbons (Fsp3) is 0.667. The first-order valence-electron chi connectivity index (χ1n) is 7.57. The van der Waals surface area contributed by atoms with Crippen molar-refractivity contribution in [3.8, 4) is 0 Å². The van der Waals surface area contributed by atoms with E-state index in [1.54, 1.807) is 17.9 Å². The lowest BCUT2D eigenvalue weighted by atomic mass is 9.78. The molecule has 1 aliphatic carbocycles. The summed E-state index contributed by atoms with van der Waals surface area (Å²) < 4.78 is 5.20. The summed E-state index contributed by atoms with van der Waals surface area (Å²) in [5.41, 5.74) is 0.0793. The highest BCUT2D eigenvalue weighted by Gasteiger charge is 2.49. The molecule has 1 saturated carbocycles. The average molecular weight is 291 g/mol. The zero-order chi connectivity index (χ0) is 15.0. The molecule has 6 nitrogen and oxygen atoms in total. The van der Waals surface area contributed by atoms with Crippen molar-refractivity contribution in [1.82, 2.24) is 15.4 Å². The van der Waals surface area contributed by atoms with E-state index in [-0.39, 0.29) is 11.8 Å². The lowest BCUT2D eigenvalue weighted by Gasteiger charge is -2.46. The van der Waals surface area contributed by atoms with Gasteiger partial charge in [0.15, 0.2) is 5.76 Å². The van der Waals surface area contributed by atoms with E-state index < -0.39 is 11.6 Å². The van der Waals surface area contributed by atoms with Crippen LogP contribution in [0.15, 0.2) is 10.6 Å². The third-order valence-electron chi connectivity index (χ3n) is 4.59. The molecule has 0 aromatic carbocycles. The van der Waals surface area contributed by atoms with Gasteiger partial charge in [0.25, 0.3) is 0 Å². The summed E-state index contributed by atoms with van der Waals surface area (Å²) in [5, 5.41) is 6.82. The highest BCUT2D eigenvalue weighted by Crippen LogP contribution is 2.33. The summed E-state index contributed by atoms with van der Waals surface area (Å²) in [6, 6.07) is 1.33. The molecule has 2 amide bonds. The summed E-state index contributed by atoms with van der Waals surface area (Å²) in [5.74, 6) is 0.560. The van der Waals surface area contributed by atoms with Crippen molar-refractivity contribution < 1.29 is 14.1 Å². The van der Waals surface area contributed by atoms with Gasteiger partial charge in [-0.1, -0.05) is 24.4 Å². The van der Waals surface area contributed by atoms with Gasteiger partial charge in [0.05, 0.1) is 12.2 Å². The van der Waals surface area contributed by atoms with Crippen molar-refractivity contribution >= 4 is 11.8 Å². The first-order chi connectivity index (χ1) is 10.0. The molecule has 1 N–H and O–H groups in total. The molecular formula is C15H21N3O3. The molecule has 21 heavy (non-hydrogen) atoms. The normalized spacial score (nSPS) is 25.2. The molecule has 2 fully saturated rings. The Balaban J connectivity index is 1.86. The first kappa shape index (κ1) is 14.1. The molecule has 1 spiro atoms. The lowest BCUT2D eigenvalue weighted by molar-refractivity contribution is -0.157. The van der Waals surface area contributed by atoms with Gasteiger partial charge in [-0.15, -0.1) is 0 Å². The zero-order valence-corrected chi connectivity index (χ0v) is 12.5. The van der Waals surface area contributed by atoms with Crippen molar-refractivity contribution in [3.05, 3.63) is 17.5 Å². The van der Waals surface area contributed by atoms with Gasteiger partial charge in [-0.2, -0.15) is 0 Å². The van der Waals surface area contributed by atoms with Crippen LogP contribution in [0, 0.1) is 6.92 Å². The van der Waals surface area contributed by atoms with Gasteiger partial charge in [-0.3, -0.25) is 9.59 Å². The quantitative estimate of drug-likeness (QED) is 0.896. The molecule has 1 aromatic rings. The summed E-state index contributed by atoms with van der Waals surface area (Å²) in [4.78, 5) is 26.8. The number of carbonyl (C=O) groups is 2. The number of piperazine rings is 1. The number of amides is 2. The van der Waals surface area contributed by atoms with Gasteiger partial charge in [0, 0.05) is 6.07 Å². The summed E-state index contributed by atoms with van der Waals surface area (Å²) in [6.45, 7) is 3.89. The van der Waals surface area contributed by atoms with Crippen LogP contribution >= 0.6 is 0 Å². The number of hydrogen-bond acceptors (Lipinski definition) is 4. The standard InChI is InChI=1S/C15H21N3O3/c1-10-8-12(21-17-10)9-18-11(2)13(19)16-15(14(18)20)6-4-3-5-7-15/h8,11H,3-7,9H2,1-2H3,(H,16,19). The van der Waals surface area contributed by atoms with Crippen LogP contribution < -0.4 is 5.32 Å². The largest absolute Gasteiger partial charge is 0.359 e. The smallest absolute Gasteiger partial charge is 0.249 e. The maximum Gasteiger partial charge on any atom is 0.249 e. The molecule has 2 heterocycles. The molecular weight excluding hydrogens is 270 g/mol. The summed E-state index contributed by atoms with van der Waals surface area (Å²) in [7, 11) is 0. The van der Waals surface area contributed by atoms with Crippen LogP contribution in [0.25, 0.3) is 0 Å². The third-order valence-corrected chi connectivity index (χ3v) is 4.59. The lowest BCUT2D eigenvalue weighted by Crippen LogP contribution is -2.69. The Bertz CT molecular complexity index is 560. The van der Waals surface area contributed by atoms with Crippen LogP contribution in [0.2, 0.25) is 0 Å². The van der Waals surface area contributed by atoms with Crippen LogP contribution in [-0.2, 0) is 16.1 Å². The van der Waals surface area contributed by atoms with Gasteiger partial charge in [0.1, 0.15) is 11.6 Å². The Morgan fingerprint density at radius 3 is 2.71 bits per heavy atom. The third kappa shape index (κ3) is 2.43. The molecule has 1 saturated heterocycles. The predicted molar refractivity (Wildman–Crippen MR) is 75.2 cm³/mol. The molecule has 114 valence electrons. The highest BCUT2D eigenvalue weighted by molar-refractivity contribution is 5.99. The molecule has 0 bridgehead atoms. The van der Waals surface area contributed by atoms with Crippen molar-refractivity contribution in [3.63, 3.8) is 0 Å². The van der Waals surface area contributed by atoms with Crippen molar-refractivity contribution in [2.24, 2.45) is 0 Å². The number of rotatable bonds is 2. The highest BCUT2D eigenvalue weighted by atomic mass is 16.5. The van der Waals surface area contributed by atoms with E-state index in [1.807, 2.05) is 6.92 Å². The Kier molecular flexibility index (Phi) is 3.47. The topological polar surface area (TPSA) is 75.4 Å². The number of nitrogens with one attached hydrogen (secondary N) is 1. The van der Waals surface area contributed by atoms with Crippen molar-refractivity contribution in [1.29, 1.82) is 0 Å². The fourth-order valence-electron chi connectivity index (χ4n) is 3.35. The summed E-state index contributed by atoms with van der Waals surface area (Å²) >= 11 is 0. The number of hydrogen-bond donors (Lipinski definition) is 1. The SMILES string of the molecule is Cc1cc(CN2C(=O)C3(CCCCC3)NC(=O)C2C)on1. The van der Waals surface area contributed by atoms with Gasteiger partial charge in [0.2, 0.25) is 11.8 Å². The minimum atomic E-state index is -0.698. The second-order valence-corrected chi connectivity index (χ2v) is 6.18. The fourth-order valence-corrected chi connectivity index (χ4v) is 3.35. The maximum atomic E-state index is 12.9. The summed E-state index contributed by atoms with van der Waals surface area (Å²) in [6.07, 6.45) is 4.56. The van der Waals surface area contributed by atoms with Crippen LogP contribution in [0.3, 0.4) is 0 Å². The van der Waals surface area contributed by atoms with Crippen molar-refractivity contribution in [2.45, 2.75) is 64.1 Å². The monoisotopic (exact) mass is 291 g/mol. The van der Waals surface area contributed by atoms with Crippen LogP contribution in [-0.4, -0.2) is 33.5 Å². The Hall–Kier alpha value is -1.85. The van der Waals surface area contributed by atoms with E-state index in [9.17, 15) is 9.59 Å². The van der Waals surface area contributed by atoms with E-state index in [1.165, 1.54) is 0 Å². The number of nitrogens with zero attached hydrogens (tertiary/aromatic N) is 2. The van der Waals surface area contributed by atoms with E-state index in [0.29, 0.717) is 12.3 Å². The molecule has 1 unspecified atom stereocenters. The predicted octanol–water partition coefficient (Wildman–Crippen LogP) is 1.53. The minimum absolute atomic E-state index is 0.0170. The number of aryl methyl sites for hydroxylation is 1. The van der Waals surface area contributed by atoms with Crippen LogP contribution in [0.1, 0.15) is 50.5 Å². The molecule has 2 aliphatic rings. The first-order valence-corrected chi connectivity index (χ1v) is 7.57. The van der Waals surface area contributed by atoms with Crippen LogP contribution in [0.4, 0.5) is 0 Å². The zero-order valence-electron chi connectivity index (χ0n) is 12.5. The second kappa shape index (κ2) is 5.16. The molecule has 6 heteroatoms. The number of aromatic nitrogens is 1. The van der Waals surface area contributed by atoms with E-state index in [4.69, 9.17) is 4.52 Å². The van der Waals surface area contributed by atoms with Gasteiger partial charge in [-0.05, 0) is 26.7 Å². The number of carbonyl (C=O) groups excluding carboxylic acids is 2. The molecule has 1 aliphatic heterocycles. The molecule has 1 aromatic heterocycles. The van der Waals surface area contributed by atoms with Gasteiger partial charge >= 0.3 is 0 Å². The second-order valence-electron chi connectivity index (χ2n) is 6.18. The maximum absolute atomic E-state index is 12.9. The van der Waals surface area contributed by atoms with E-state index >= 15 is 0 Å². The Morgan fingerprint density at radius 1 is 1.38 bits per heavy atom. The van der Waals surface area contributed by atoms with Gasteiger partial charge < -0.3 is 14.7 Å². The van der Waals surface area contributed by atoms with Crippen LogP contribution in [0.5, 0.6) is 0 Å².